The molecule has 1 aromatic rings. The second-order valence-electron chi connectivity index (χ2n) is 5.25. The lowest BCUT2D eigenvalue weighted by atomic mass is 10.1. The highest BCUT2D eigenvalue weighted by Crippen LogP contribution is 2.13. The molecule has 19 heavy (non-hydrogen) atoms. The molecule has 3 N–H and O–H groups in total. The van der Waals surface area contributed by atoms with Gasteiger partial charge in [0.2, 0.25) is 11.8 Å². The summed E-state index contributed by atoms with van der Waals surface area (Å²) in [6.45, 7) is 9.67. The lowest BCUT2D eigenvalue weighted by molar-refractivity contribution is 0.232. The van der Waals surface area contributed by atoms with Crippen LogP contribution in [0.5, 0.6) is 5.88 Å². The summed E-state index contributed by atoms with van der Waals surface area (Å²) in [5, 5.41) is 3.24. The Morgan fingerprint density at radius 3 is 2.68 bits per heavy atom. The maximum atomic E-state index is 5.59. The SMILES string of the molecule is Cc1cc(OC(C)C)nc(NCCCC(C)CN)n1. The Bertz CT molecular complexity index is 382. The highest BCUT2D eigenvalue weighted by Gasteiger charge is 2.05. The van der Waals surface area contributed by atoms with Crippen LogP contribution < -0.4 is 15.8 Å². The van der Waals surface area contributed by atoms with Crippen molar-refractivity contribution in [2.75, 3.05) is 18.4 Å². The third kappa shape index (κ3) is 6.38. The van der Waals surface area contributed by atoms with E-state index >= 15 is 0 Å². The van der Waals surface area contributed by atoms with Gasteiger partial charge in [0, 0.05) is 18.3 Å². The maximum Gasteiger partial charge on any atom is 0.226 e. The van der Waals surface area contributed by atoms with Crippen LogP contribution in [0.1, 0.15) is 39.3 Å². The number of anilines is 1. The summed E-state index contributed by atoms with van der Waals surface area (Å²) in [6, 6.07) is 1.85. The Labute approximate surface area is 116 Å². The predicted octanol–water partition coefficient (Wildman–Crippen LogP) is 2.36. The van der Waals surface area contributed by atoms with Gasteiger partial charge >= 0.3 is 0 Å². The van der Waals surface area contributed by atoms with E-state index in [0.717, 1.165) is 31.6 Å². The van der Waals surface area contributed by atoms with Gasteiger partial charge in [-0.05, 0) is 46.1 Å². The van der Waals surface area contributed by atoms with E-state index in [-0.39, 0.29) is 6.10 Å². The van der Waals surface area contributed by atoms with Gasteiger partial charge in [0.15, 0.2) is 0 Å². The molecule has 0 saturated carbocycles. The van der Waals surface area contributed by atoms with Gasteiger partial charge in [0.05, 0.1) is 6.10 Å². The first-order chi connectivity index (χ1) is 9.01. The van der Waals surface area contributed by atoms with Crippen molar-refractivity contribution in [2.45, 2.75) is 46.6 Å². The maximum absolute atomic E-state index is 5.59. The molecular weight excluding hydrogens is 240 g/mol. The van der Waals surface area contributed by atoms with Crippen molar-refractivity contribution in [2.24, 2.45) is 11.7 Å². The average Bonchev–Trinajstić information content (AvgIpc) is 2.32. The topological polar surface area (TPSA) is 73.1 Å². The van der Waals surface area contributed by atoms with Gasteiger partial charge in [-0.3, -0.25) is 0 Å². The number of nitrogens with zero attached hydrogens (tertiary/aromatic N) is 2. The second-order valence-corrected chi connectivity index (χ2v) is 5.25. The van der Waals surface area contributed by atoms with Crippen molar-refractivity contribution < 1.29 is 4.74 Å². The fourth-order valence-corrected chi connectivity index (χ4v) is 1.69. The van der Waals surface area contributed by atoms with Gasteiger partial charge < -0.3 is 15.8 Å². The van der Waals surface area contributed by atoms with E-state index in [1.54, 1.807) is 0 Å². The van der Waals surface area contributed by atoms with E-state index < -0.39 is 0 Å². The van der Waals surface area contributed by atoms with Crippen LogP contribution in [0.25, 0.3) is 0 Å². The lowest BCUT2D eigenvalue weighted by Gasteiger charge is -2.12. The van der Waals surface area contributed by atoms with E-state index in [0.29, 0.717) is 17.7 Å². The smallest absolute Gasteiger partial charge is 0.226 e. The second kappa shape index (κ2) is 7.94. The van der Waals surface area contributed by atoms with Gasteiger partial charge in [-0.1, -0.05) is 6.92 Å². The van der Waals surface area contributed by atoms with Gasteiger partial charge in [-0.25, -0.2) is 4.98 Å². The molecular formula is C14H26N4O. The summed E-state index contributed by atoms with van der Waals surface area (Å²) in [5.41, 5.74) is 6.50. The number of hydrogen-bond donors (Lipinski definition) is 2. The molecule has 1 atom stereocenters. The monoisotopic (exact) mass is 266 g/mol. The molecule has 0 aromatic carbocycles. The first-order valence-electron chi connectivity index (χ1n) is 6.97. The number of rotatable bonds is 8. The van der Waals surface area contributed by atoms with Crippen molar-refractivity contribution >= 4 is 5.95 Å². The van der Waals surface area contributed by atoms with E-state index in [1.807, 2.05) is 26.8 Å². The molecule has 1 rings (SSSR count). The molecule has 1 aromatic heterocycles. The molecule has 0 radical (unpaired) electrons. The molecule has 0 saturated heterocycles. The van der Waals surface area contributed by atoms with Crippen LogP contribution in [0.3, 0.4) is 0 Å². The summed E-state index contributed by atoms with van der Waals surface area (Å²) in [4.78, 5) is 8.69. The van der Waals surface area contributed by atoms with Crippen LogP contribution in [0.4, 0.5) is 5.95 Å². The summed E-state index contributed by atoms with van der Waals surface area (Å²) >= 11 is 0. The van der Waals surface area contributed by atoms with Crippen molar-refractivity contribution in [3.05, 3.63) is 11.8 Å². The van der Waals surface area contributed by atoms with E-state index in [9.17, 15) is 0 Å². The van der Waals surface area contributed by atoms with Crippen LogP contribution in [0.2, 0.25) is 0 Å². The van der Waals surface area contributed by atoms with Crippen molar-refractivity contribution in [1.82, 2.24) is 9.97 Å². The lowest BCUT2D eigenvalue weighted by Crippen LogP contribution is -2.14. The minimum atomic E-state index is 0.118. The van der Waals surface area contributed by atoms with Crippen molar-refractivity contribution in [1.29, 1.82) is 0 Å². The first kappa shape index (κ1) is 15.7. The average molecular weight is 266 g/mol. The molecule has 0 bridgehead atoms. The molecule has 5 heteroatoms. The highest BCUT2D eigenvalue weighted by atomic mass is 16.5. The zero-order chi connectivity index (χ0) is 14.3. The van der Waals surface area contributed by atoms with Crippen molar-refractivity contribution in [3.8, 4) is 5.88 Å². The predicted molar refractivity (Wildman–Crippen MR) is 78.5 cm³/mol. The summed E-state index contributed by atoms with van der Waals surface area (Å²) in [6.07, 6.45) is 2.30. The molecule has 0 amide bonds. The van der Waals surface area contributed by atoms with Crippen LogP contribution in [-0.4, -0.2) is 29.2 Å². The zero-order valence-corrected chi connectivity index (χ0v) is 12.4. The molecule has 0 spiro atoms. The number of aryl methyl sites for hydroxylation is 1. The normalized spacial score (nSPS) is 12.5. The minimum absolute atomic E-state index is 0.118. The van der Waals surface area contributed by atoms with Crippen LogP contribution in [0, 0.1) is 12.8 Å². The molecule has 0 aliphatic carbocycles. The van der Waals surface area contributed by atoms with Crippen molar-refractivity contribution in [3.63, 3.8) is 0 Å². The Morgan fingerprint density at radius 2 is 2.05 bits per heavy atom. The number of nitrogens with one attached hydrogen (secondary N) is 1. The van der Waals surface area contributed by atoms with Gasteiger partial charge in [0.1, 0.15) is 0 Å². The quantitative estimate of drug-likeness (QED) is 0.707. The zero-order valence-electron chi connectivity index (χ0n) is 12.4. The van der Waals surface area contributed by atoms with Crippen LogP contribution in [0.15, 0.2) is 6.07 Å². The van der Waals surface area contributed by atoms with Crippen LogP contribution >= 0.6 is 0 Å². The Hall–Kier alpha value is -1.36. The Kier molecular flexibility index (Phi) is 6.56. The Balaban J connectivity index is 2.46. The summed E-state index contributed by atoms with van der Waals surface area (Å²) in [7, 11) is 0. The third-order valence-corrected chi connectivity index (χ3v) is 2.75. The standard InChI is InChI=1S/C14H26N4O/c1-10(2)19-13-8-12(4)17-14(18-13)16-7-5-6-11(3)9-15/h8,10-11H,5-7,9,15H2,1-4H3,(H,16,17,18). The van der Waals surface area contributed by atoms with E-state index in [1.165, 1.54) is 0 Å². The molecule has 1 heterocycles. The molecule has 0 fully saturated rings. The fourth-order valence-electron chi connectivity index (χ4n) is 1.69. The number of nitrogens with two attached hydrogens (primary N) is 1. The summed E-state index contributed by atoms with van der Waals surface area (Å²) in [5.74, 6) is 1.83. The molecule has 0 aliphatic rings. The molecule has 1 unspecified atom stereocenters. The molecule has 108 valence electrons. The highest BCUT2D eigenvalue weighted by molar-refractivity contribution is 5.30. The van der Waals surface area contributed by atoms with Gasteiger partial charge in [-0.2, -0.15) is 4.98 Å². The minimum Gasteiger partial charge on any atom is -0.475 e. The van der Waals surface area contributed by atoms with E-state index in [2.05, 4.69) is 22.2 Å². The number of hydrogen-bond acceptors (Lipinski definition) is 5. The largest absolute Gasteiger partial charge is 0.475 e. The van der Waals surface area contributed by atoms with Gasteiger partial charge in [-0.15, -0.1) is 0 Å². The van der Waals surface area contributed by atoms with E-state index in [4.69, 9.17) is 10.5 Å². The number of ether oxygens (including phenoxy) is 1. The summed E-state index contributed by atoms with van der Waals surface area (Å²) < 4.78 is 5.59. The third-order valence-electron chi connectivity index (χ3n) is 2.75. The van der Waals surface area contributed by atoms with Crippen LogP contribution in [-0.2, 0) is 0 Å². The Morgan fingerprint density at radius 1 is 1.32 bits per heavy atom. The fraction of sp³-hybridized carbons (Fsp3) is 0.714. The molecule has 0 aliphatic heterocycles. The number of aromatic nitrogens is 2. The van der Waals surface area contributed by atoms with Gasteiger partial charge in [0.25, 0.3) is 0 Å². The molecule has 5 nitrogen and oxygen atoms in total. The first-order valence-corrected chi connectivity index (χ1v) is 6.97.